The summed E-state index contributed by atoms with van der Waals surface area (Å²) >= 11 is 1.83. The summed E-state index contributed by atoms with van der Waals surface area (Å²) in [5.74, 6) is -2.00. The number of carbonyl (C=O) groups is 1. The molecule has 140 valence electrons. The Morgan fingerprint density at radius 1 is 1.04 bits per heavy atom. The number of benzene rings is 2. The molecule has 4 nitrogen and oxygen atoms in total. The summed E-state index contributed by atoms with van der Waals surface area (Å²) in [5.41, 5.74) is 1.40. The number of para-hydroxylation sites is 1. The zero-order chi connectivity index (χ0) is 19.4. The minimum atomic E-state index is -2.46. The van der Waals surface area contributed by atoms with Crippen molar-refractivity contribution in [3.8, 4) is 0 Å². The lowest BCUT2D eigenvalue weighted by Crippen LogP contribution is -2.22. The van der Waals surface area contributed by atoms with E-state index in [4.69, 9.17) is 0 Å². The van der Waals surface area contributed by atoms with Gasteiger partial charge in [0.15, 0.2) is 0 Å². The maximum absolute atomic E-state index is 12.5. The second kappa shape index (κ2) is 8.67. The smallest absolute Gasteiger partial charge is 0.288 e. The highest BCUT2D eigenvalue weighted by Crippen LogP contribution is 2.30. The normalized spacial score (nSPS) is 12.3. The van der Waals surface area contributed by atoms with Gasteiger partial charge in [0.25, 0.3) is 5.76 Å². The zero-order valence-electron chi connectivity index (χ0n) is 14.6. The number of amides is 1. The predicted molar refractivity (Wildman–Crippen MR) is 107 cm³/mol. The molecule has 1 aromatic heterocycles. The molecule has 3 aromatic rings. The van der Waals surface area contributed by atoms with E-state index in [-0.39, 0.29) is 5.91 Å². The lowest BCUT2D eigenvalue weighted by molar-refractivity contribution is -0.115. The number of rotatable bonds is 6. The number of hydrogen-bond acceptors (Lipinski definition) is 5. The van der Waals surface area contributed by atoms with Gasteiger partial charge in [0, 0.05) is 16.0 Å². The largest absolute Gasteiger partial charge is 0.325 e. The number of aromatic nitrogens is 2. The fraction of sp³-hybridized carbons (Fsp3) is 0.211. The van der Waals surface area contributed by atoms with E-state index in [9.17, 15) is 13.6 Å². The van der Waals surface area contributed by atoms with E-state index in [0.29, 0.717) is 28.2 Å². The number of aryl methyl sites for hydroxylation is 1. The van der Waals surface area contributed by atoms with Gasteiger partial charge in [-0.05, 0) is 44.2 Å². The molecule has 2 aromatic carbocycles. The number of nitrogens with one attached hydrogen (secondary N) is 1. The molecule has 0 aliphatic heterocycles. The summed E-state index contributed by atoms with van der Waals surface area (Å²) < 4.78 is 24.7. The predicted octanol–water partition coefficient (Wildman–Crippen LogP) is 5.37. The number of carbonyl (C=O) groups excluding carboxylic acids is 1. The molecular weight excluding hydrogens is 388 g/mol. The minimum Gasteiger partial charge on any atom is -0.325 e. The first-order valence-corrected chi connectivity index (χ1v) is 9.94. The molecule has 1 N–H and O–H groups in total. The number of fused-ring (bicyclic) bond motifs is 1. The molecule has 0 spiro atoms. The van der Waals surface area contributed by atoms with Crippen molar-refractivity contribution in [1.82, 2.24) is 9.97 Å². The molecule has 0 aliphatic rings. The van der Waals surface area contributed by atoms with E-state index in [1.54, 1.807) is 31.2 Å². The third kappa shape index (κ3) is 5.17. The van der Waals surface area contributed by atoms with Gasteiger partial charge in [0.1, 0.15) is 10.9 Å². The summed E-state index contributed by atoms with van der Waals surface area (Å²) in [5, 5.41) is 4.07. The lowest BCUT2D eigenvalue weighted by atomic mass is 10.2. The van der Waals surface area contributed by atoms with E-state index < -0.39 is 11.0 Å². The topological polar surface area (TPSA) is 54.9 Å². The molecule has 0 fully saturated rings. The van der Waals surface area contributed by atoms with E-state index in [1.807, 2.05) is 31.2 Å². The Morgan fingerprint density at radius 2 is 1.74 bits per heavy atom. The maximum Gasteiger partial charge on any atom is 0.288 e. The van der Waals surface area contributed by atoms with Crippen molar-refractivity contribution in [1.29, 1.82) is 0 Å². The van der Waals surface area contributed by atoms with Crippen LogP contribution in [0.25, 0.3) is 10.9 Å². The van der Waals surface area contributed by atoms with Gasteiger partial charge in [-0.2, -0.15) is 8.78 Å². The van der Waals surface area contributed by atoms with E-state index in [1.165, 1.54) is 11.8 Å². The van der Waals surface area contributed by atoms with Crippen molar-refractivity contribution >= 4 is 46.0 Å². The molecule has 0 saturated heterocycles. The Morgan fingerprint density at radius 3 is 2.44 bits per heavy atom. The van der Waals surface area contributed by atoms with Gasteiger partial charge >= 0.3 is 0 Å². The van der Waals surface area contributed by atoms with Crippen molar-refractivity contribution in [2.45, 2.75) is 34.8 Å². The van der Waals surface area contributed by atoms with Crippen LogP contribution in [0.2, 0.25) is 0 Å². The number of anilines is 1. The average Bonchev–Trinajstić information content (AvgIpc) is 2.62. The highest BCUT2D eigenvalue weighted by molar-refractivity contribution is 8.00. The van der Waals surface area contributed by atoms with Crippen LogP contribution >= 0.6 is 23.5 Å². The molecule has 0 saturated carbocycles. The van der Waals surface area contributed by atoms with Crippen molar-refractivity contribution in [2.75, 3.05) is 5.32 Å². The fourth-order valence-corrected chi connectivity index (χ4v) is 3.92. The highest BCUT2D eigenvalue weighted by Gasteiger charge is 2.18. The first-order chi connectivity index (χ1) is 12.9. The number of halogens is 2. The third-order valence-electron chi connectivity index (χ3n) is 3.68. The first kappa shape index (κ1) is 19.6. The standard InChI is InChI=1S/C19H17F2N3OS2/c1-11(17(25)24-13-7-9-14(10-8-13)27-19(20)21)26-18-15-5-3-4-6-16(15)22-12(2)23-18/h3-11,19H,1-2H3,(H,24,25)/t11-/m1/s1. The number of nitrogens with zero attached hydrogens (tertiary/aromatic N) is 2. The summed E-state index contributed by atoms with van der Waals surface area (Å²) in [6.45, 7) is 3.62. The van der Waals surface area contributed by atoms with Gasteiger partial charge in [-0.15, -0.1) is 0 Å². The van der Waals surface area contributed by atoms with Crippen LogP contribution in [-0.2, 0) is 4.79 Å². The number of alkyl halides is 2. The summed E-state index contributed by atoms with van der Waals surface area (Å²) in [4.78, 5) is 21.8. The van der Waals surface area contributed by atoms with E-state index >= 15 is 0 Å². The Balaban J connectivity index is 1.69. The average molecular weight is 405 g/mol. The summed E-state index contributed by atoms with van der Waals surface area (Å²) in [7, 11) is 0. The van der Waals surface area contributed by atoms with Gasteiger partial charge in [-0.25, -0.2) is 9.97 Å². The Bertz CT molecular complexity index is 951. The van der Waals surface area contributed by atoms with E-state index in [2.05, 4.69) is 15.3 Å². The van der Waals surface area contributed by atoms with Crippen molar-refractivity contribution in [2.24, 2.45) is 0 Å². The minimum absolute atomic E-state index is 0.186. The zero-order valence-corrected chi connectivity index (χ0v) is 16.3. The first-order valence-electron chi connectivity index (χ1n) is 8.18. The van der Waals surface area contributed by atoms with Crippen molar-refractivity contribution in [3.05, 3.63) is 54.4 Å². The molecular formula is C19H17F2N3OS2. The summed E-state index contributed by atoms with van der Waals surface area (Å²) in [6, 6.07) is 14.0. The van der Waals surface area contributed by atoms with E-state index in [0.717, 1.165) is 15.9 Å². The molecule has 0 aliphatic carbocycles. The Kier molecular flexibility index (Phi) is 6.28. The van der Waals surface area contributed by atoms with Crippen molar-refractivity contribution in [3.63, 3.8) is 0 Å². The van der Waals surface area contributed by atoms with Gasteiger partial charge in [-0.1, -0.05) is 41.7 Å². The molecule has 0 bridgehead atoms. The SMILES string of the molecule is Cc1nc(S[C@H](C)C(=O)Nc2ccc(SC(F)F)cc2)c2ccccc2n1. The maximum atomic E-state index is 12.5. The van der Waals surface area contributed by atoms with Crippen LogP contribution in [0.15, 0.2) is 58.5 Å². The Labute approximate surface area is 164 Å². The van der Waals surface area contributed by atoms with Crippen LogP contribution in [0.3, 0.4) is 0 Å². The molecule has 1 heterocycles. The van der Waals surface area contributed by atoms with Gasteiger partial charge in [-0.3, -0.25) is 4.79 Å². The number of hydrogen-bond donors (Lipinski definition) is 1. The second-order valence-corrected chi connectivity index (χ2v) is 8.14. The molecule has 27 heavy (non-hydrogen) atoms. The van der Waals surface area contributed by atoms with Gasteiger partial charge in [0.2, 0.25) is 5.91 Å². The van der Waals surface area contributed by atoms with Crippen LogP contribution < -0.4 is 5.32 Å². The molecule has 1 amide bonds. The molecule has 8 heteroatoms. The lowest BCUT2D eigenvalue weighted by Gasteiger charge is -2.13. The van der Waals surface area contributed by atoms with Crippen LogP contribution in [-0.4, -0.2) is 26.9 Å². The number of thioether (sulfide) groups is 2. The molecule has 1 atom stereocenters. The quantitative estimate of drug-likeness (QED) is 0.441. The third-order valence-corrected chi connectivity index (χ3v) is 5.51. The summed E-state index contributed by atoms with van der Waals surface area (Å²) in [6.07, 6.45) is 0. The Hall–Kier alpha value is -2.19. The second-order valence-electron chi connectivity index (χ2n) is 5.75. The molecule has 0 unspecified atom stereocenters. The van der Waals surface area contributed by atoms with Gasteiger partial charge < -0.3 is 5.32 Å². The van der Waals surface area contributed by atoms with Crippen molar-refractivity contribution < 1.29 is 13.6 Å². The highest BCUT2D eigenvalue weighted by atomic mass is 32.2. The van der Waals surface area contributed by atoms with Crippen LogP contribution in [0.4, 0.5) is 14.5 Å². The molecule has 3 rings (SSSR count). The van der Waals surface area contributed by atoms with Gasteiger partial charge in [0.05, 0.1) is 10.8 Å². The van der Waals surface area contributed by atoms with Crippen LogP contribution in [0.5, 0.6) is 0 Å². The van der Waals surface area contributed by atoms with Crippen LogP contribution in [0.1, 0.15) is 12.7 Å². The fourth-order valence-electron chi connectivity index (χ4n) is 2.43. The molecule has 0 radical (unpaired) electrons. The monoisotopic (exact) mass is 405 g/mol. The van der Waals surface area contributed by atoms with Crippen LogP contribution in [0, 0.1) is 6.92 Å².